The lowest BCUT2D eigenvalue weighted by atomic mass is 9.98. The van der Waals surface area contributed by atoms with Crippen LogP contribution in [0.2, 0.25) is 0 Å². The third kappa shape index (κ3) is 1.65. The van der Waals surface area contributed by atoms with Gasteiger partial charge in [0.1, 0.15) is 0 Å². The van der Waals surface area contributed by atoms with Gasteiger partial charge in [0, 0.05) is 6.61 Å². The van der Waals surface area contributed by atoms with Gasteiger partial charge in [0.15, 0.2) is 0 Å². The minimum Gasteiger partial charge on any atom is -0.396 e. The Morgan fingerprint density at radius 1 is 1.24 bits per heavy atom. The highest BCUT2D eigenvalue weighted by molar-refractivity contribution is 6.22. The van der Waals surface area contributed by atoms with Crippen molar-refractivity contribution in [3.05, 3.63) is 34.9 Å². The minimum atomic E-state index is -0.304. The fourth-order valence-electron chi connectivity index (χ4n) is 2.53. The van der Waals surface area contributed by atoms with Gasteiger partial charge in [-0.25, -0.2) is 0 Å². The number of benzene rings is 1. The molecule has 4 nitrogen and oxygen atoms in total. The molecule has 2 aliphatic rings. The van der Waals surface area contributed by atoms with Crippen LogP contribution in [0.1, 0.15) is 32.7 Å². The number of amides is 2. The highest BCUT2D eigenvalue weighted by Crippen LogP contribution is 2.41. The molecule has 2 amide bonds. The second-order valence-corrected chi connectivity index (χ2v) is 4.77. The van der Waals surface area contributed by atoms with Gasteiger partial charge in [0.05, 0.1) is 11.1 Å². The normalized spacial score (nSPS) is 25.7. The van der Waals surface area contributed by atoms with Gasteiger partial charge in [-0.05, 0) is 36.3 Å². The Balaban J connectivity index is 1.91. The molecule has 17 heavy (non-hydrogen) atoms. The molecule has 0 spiro atoms. The summed E-state index contributed by atoms with van der Waals surface area (Å²) in [6.07, 6.45) is 1.78. The van der Waals surface area contributed by atoms with Crippen molar-refractivity contribution in [2.24, 2.45) is 11.8 Å². The number of carbonyl (C=O) groups is 2. The number of hydrogen-bond donors (Lipinski definition) is 2. The molecule has 3 rings (SSSR count). The first-order valence-electron chi connectivity index (χ1n) is 5.79. The largest absolute Gasteiger partial charge is 0.396 e. The van der Waals surface area contributed by atoms with Crippen molar-refractivity contribution in [3.8, 4) is 0 Å². The molecule has 1 aliphatic heterocycles. The minimum absolute atomic E-state index is 0.213. The van der Waals surface area contributed by atoms with Gasteiger partial charge in [0.25, 0.3) is 11.8 Å². The van der Waals surface area contributed by atoms with Gasteiger partial charge in [-0.15, -0.1) is 0 Å². The molecule has 0 saturated heterocycles. The lowest BCUT2D eigenvalue weighted by molar-refractivity contribution is 0.0879. The SMILES string of the molecule is O=C1NC(=O)c2c(CC3CC3CO)cccc21. The van der Waals surface area contributed by atoms with Gasteiger partial charge >= 0.3 is 0 Å². The number of aliphatic hydroxyl groups excluding tert-OH is 1. The molecule has 0 bridgehead atoms. The van der Waals surface area contributed by atoms with Crippen LogP contribution in [-0.2, 0) is 6.42 Å². The molecule has 4 heteroatoms. The zero-order valence-corrected chi connectivity index (χ0v) is 9.27. The fraction of sp³-hybridized carbons (Fsp3) is 0.385. The number of fused-ring (bicyclic) bond motifs is 1. The van der Waals surface area contributed by atoms with E-state index < -0.39 is 0 Å². The van der Waals surface area contributed by atoms with Gasteiger partial charge in [-0.1, -0.05) is 12.1 Å². The van der Waals surface area contributed by atoms with E-state index in [1.807, 2.05) is 12.1 Å². The molecule has 1 aliphatic carbocycles. The zero-order valence-electron chi connectivity index (χ0n) is 9.27. The summed E-state index contributed by atoms with van der Waals surface area (Å²) < 4.78 is 0. The van der Waals surface area contributed by atoms with E-state index in [1.165, 1.54) is 0 Å². The van der Waals surface area contributed by atoms with Crippen LogP contribution in [-0.4, -0.2) is 23.5 Å². The van der Waals surface area contributed by atoms with Crippen molar-refractivity contribution in [3.63, 3.8) is 0 Å². The van der Waals surface area contributed by atoms with Crippen molar-refractivity contribution in [2.75, 3.05) is 6.61 Å². The Hall–Kier alpha value is -1.68. The molecule has 1 heterocycles. The van der Waals surface area contributed by atoms with E-state index in [4.69, 9.17) is 5.11 Å². The summed E-state index contributed by atoms with van der Waals surface area (Å²) in [5.41, 5.74) is 1.93. The molecule has 88 valence electrons. The first-order valence-corrected chi connectivity index (χ1v) is 5.79. The summed E-state index contributed by atoms with van der Waals surface area (Å²) in [6.45, 7) is 0.213. The van der Waals surface area contributed by atoms with Gasteiger partial charge in [-0.2, -0.15) is 0 Å². The molecule has 0 aromatic heterocycles. The average molecular weight is 231 g/mol. The quantitative estimate of drug-likeness (QED) is 0.754. The van der Waals surface area contributed by atoms with E-state index in [9.17, 15) is 9.59 Å². The molecule has 0 radical (unpaired) electrons. The number of aliphatic hydroxyl groups is 1. The summed E-state index contributed by atoms with van der Waals surface area (Å²) in [5, 5.41) is 11.3. The molecule has 2 unspecified atom stereocenters. The number of carbonyl (C=O) groups excluding carboxylic acids is 2. The molecular weight excluding hydrogens is 218 g/mol. The van der Waals surface area contributed by atoms with Crippen LogP contribution < -0.4 is 5.32 Å². The lowest BCUT2D eigenvalue weighted by Gasteiger charge is -2.04. The van der Waals surface area contributed by atoms with E-state index in [-0.39, 0.29) is 18.4 Å². The summed E-state index contributed by atoms with van der Waals surface area (Å²) in [5.74, 6) is 0.226. The highest BCUT2D eigenvalue weighted by Gasteiger charge is 2.38. The maximum Gasteiger partial charge on any atom is 0.259 e. The van der Waals surface area contributed by atoms with Crippen molar-refractivity contribution in [2.45, 2.75) is 12.8 Å². The highest BCUT2D eigenvalue weighted by atomic mass is 16.3. The Bertz CT molecular complexity index is 509. The average Bonchev–Trinajstić information content (AvgIpc) is 3.00. The number of nitrogens with one attached hydrogen (secondary N) is 1. The molecule has 2 N–H and O–H groups in total. The van der Waals surface area contributed by atoms with Crippen LogP contribution >= 0.6 is 0 Å². The molecule has 1 aromatic carbocycles. The molecule has 1 aromatic rings. The van der Waals surface area contributed by atoms with E-state index in [1.54, 1.807) is 6.07 Å². The third-order valence-corrected chi connectivity index (χ3v) is 3.64. The predicted octanol–water partition coefficient (Wildman–Crippen LogP) is 0.741. The predicted molar refractivity (Wildman–Crippen MR) is 60.6 cm³/mol. The smallest absolute Gasteiger partial charge is 0.259 e. The van der Waals surface area contributed by atoms with Crippen LogP contribution in [0.3, 0.4) is 0 Å². The van der Waals surface area contributed by atoms with Gasteiger partial charge in [-0.3, -0.25) is 14.9 Å². The summed E-state index contributed by atoms with van der Waals surface area (Å²) >= 11 is 0. The Morgan fingerprint density at radius 3 is 2.76 bits per heavy atom. The second-order valence-electron chi connectivity index (χ2n) is 4.77. The molecule has 2 atom stereocenters. The van der Waals surface area contributed by atoms with Crippen molar-refractivity contribution in [1.82, 2.24) is 5.32 Å². The van der Waals surface area contributed by atoms with E-state index >= 15 is 0 Å². The number of rotatable bonds is 3. The molecular formula is C13H13NO3. The number of imide groups is 1. The fourth-order valence-corrected chi connectivity index (χ4v) is 2.53. The zero-order chi connectivity index (χ0) is 12.0. The first-order chi connectivity index (χ1) is 8.20. The van der Waals surface area contributed by atoms with Gasteiger partial charge < -0.3 is 5.11 Å². The van der Waals surface area contributed by atoms with Gasteiger partial charge in [0.2, 0.25) is 0 Å². The van der Waals surface area contributed by atoms with Crippen molar-refractivity contribution < 1.29 is 14.7 Å². The molecule has 1 fully saturated rings. The molecule has 1 saturated carbocycles. The summed E-state index contributed by atoms with van der Waals surface area (Å²) in [7, 11) is 0. The van der Waals surface area contributed by atoms with E-state index in [0.717, 1.165) is 18.4 Å². The maximum absolute atomic E-state index is 11.7. The van der Waals surface area contributed by atoms with Crippen molar-refractivity contribution in [1.29, 1.82) is 0 Å². The van der Waals surface area contributed by atoms with E-state index in [2.05, 4.69) is 5.32 Å². The van der Waals surface area contributed by atoms with Crippen LogP contribution in [0.4, 0.5) is 0 Å². The second kappa shape index (κ2) is 3.67. The van der Waals surface area contributed by atoms with E-state index in [0.29, 0.717) is 23.0 Å². The Morgan fingerprint density at radius 2 is 2.06 bits per heavy atom. The topological polar surface area (TPSA) is 66.4 Å². The van der Waals surface area contributed by atoms with Crippen LogP contribution in [0.25, 0.3) is 0 Å². The summed E-state index contributed by atoms with van der Waals surface area (Å²) in [4.78, 5) is 23.1. The first kappa shape index (κ1) is 10.5. The van der Waals surface area contributed by atoms with Crippen LogP contribution in [0.5, 0.6) is 0 Å². The maximum atomic E-state index is 11.7. The van der Waals surface area contributed by atoms with Crippen LogP contribution in [0.15, 0.2) is 18.2 Å². The Kier molecular flexibility index (Phi) is 2.26. The Labute approximate surface area is 98.6 Å². The standard InChI is InChI=1S/C13H13NO3/c15-6-9-5-8(9)4-7-2-1-3-10-11(7)13(17)14-12(10)16/h1-3,8-9,15H,4-6H2,(H,14,16,17). The number of hydrogen-bond acceptors (Lipinski definition) is 3. The summed E-state index contributed by atoms with van der Waals surface area (Å²) in [6, 6.07) is 5.38. The third-order valence-electron chi connectivity index (χ3n) is 3.64. The van der Waals surface area contributed by atoms with Crippen molar-refractivity contribution >= 4 is 11.8 Å². The lowest BCUT2D eigenvalue weighted by Crippen LogP contribution is -2.20. The van der Waals surface area contributed by atoms with Crippen LogP contribution in [0, 0.1) is 11.8 Å². The monoisotopic (exact) mass is 231 g/mol.